The number of hydrogen-bond acceptors (Lipinski definition) is 5. The van der Waals surface area contributed by atoms with Gasteiger partial charge in [-0.1, -0.05) is 6.92 Å². The van der Waals surface area contributed by atoms with E-state index in [1.165, 1.54) is 0 Å². The topological polar surface area (TPSA) is 75.2 Å². The van der Waals surface area contributed by atoms with Crippen molar-refractivity contribution in [1.82, 2.24) is 14.7 Å². The molecule has 6 nitrogen and oxygen atoms in total. The predicted octanol–water partition coefficient (Wildman–Crippen LogP) is 1.16. The van der Waals surface area contributed by atoms with Crippen LogP contribution in [0.5, 0.6) is 0 Å². The Labute approximate surface area is 124 Å². The van der Waals surface area contributed by atoms with Crippen LogP contribution >= 0.6 is 0 Å². The van der Waals surface area contributed by atoms with Crippen LogP contribution in [-0.4, -0.2) is 43.8 Å². The van der Waals surface area contributed by atoms with Crippen molar-refractivity contribution in [3.05, 3.63) is 18.2 Å². The Morgan fingerprint density at radius 3 is 2.52 bits per heavy atom. The Bertz CT molecular complexity index is 542. The number of halogens is 1. The smallest absolute Gasteiger partial charge is 0.225 e. The molecule has 1 aliphatic rings. The molecule has 1 aliphatic heterocycles. The van der Waals surface area contributed by atoms with Crippen molar-refractivity contribution < 1.29 is 12.8 Å². The number of rotatable bonds is 6. The Hall–Kier alpha value is -1.28. The quantitative estimate of drug-likeness (QED) is 0.852. The standard InChI is InChI=1S/C13H21FN4O2S/c1-2-7-21(19,20)17-8-11-3-5-18(6-4-11)13-15-9-12(14)10-16-13/h9-11,17H,2-8H2,1H3. The zero-order valence-corrected chi connectivity index (χ0v) is 12.9. The van der Waals surface area contributed by atoms with Crippen LogP contribution in [-0.2, 0) is 10.0 Å². The number of aromatic nitrogens is 2. The van der Waals surface area contributed by atoms with Crippen molar-refractivity contribution in [2.75, 3.05) is 30.3 Å². The van der Waals surface area contributed by atoms with Gasteiger partial charge in [0.25, 0.3) is 0 Å². The van der Waals surface area contributed by atoms with Crippen molar-refractivity contribution in [1.29, 1.82) is 0 Å². The first-order valence-electron chi connectivity index (χ1n) is 7.20. The average molecular weight is 316 g/mol. The fourth-order valence-corrected chi connectivity index (χ4v) is 3.56. The van der Waals surface area contributed by atoms with Gasteiger partial charge in [-0.15, -0.1) is 0 Å². The highest BCUT2D eigenvalue weighted by Crippen LogP contribution is 2.20. The molecular formula is C13H21FN4O2S. The van der Waals surface area contributed by atoms with E-state index in [1.807, 2.05) is 11.8 Å². The molecule has 1 N–H and O–H groups in total. The lowest BCUT2D eigenvalue weighted by atomic mass is 9.97. The Kier molecular flexibility index (Phi) is 5.46. The molecule has 0 radical (unpaired) electrons. The van der Waals surface area contributed by atoms with Gasteiger partial charge >= 0.3 is 0 Å². The van der Waals surface area contributed by atoms with Crippen LogP contribution in [0.4, 0.5) is 10.3 Å². The highest BCUT2D eigenvalue weighted by molar-refractivity contribution is 7.89. The van der Waals surface area contributed by atoms with Gasteiger partial charge in [-0.2, -0.15) is 0 Å². The summed E-state index contributed by atoms with van der Waals surface area (Å²) in [6, 6.07) is 0. The first-order chi connectivity index (χ1) is 10.00. The molecule has 1 aromatic rings. The summed E-state index contributed by atoms with van der Waals surface area (Å²) in [6.45, 7) is 3.85. The molecule has 0 amide bonds. The molecule has 21 heavy (non-hydrogen) atoms. The summed E-state index contributed by atoms with van der Waals surface area (Å²) in [5, 5.41) is 0. The maximum absolute atomic E-state index is 12.8. The lowest BCUT2D eigenvalue weighted by Gasteiger charge is -2.31. The molecule has 2 rings (SSSR count). The third-order valence-corrected chi connectivity index (χ3v) is 5.12. The lowest BCUT2D eigenvalue weighted by molar-refractivity contribution is 0.398. The van der Waals surface area contributed by atoms with Gasteiger partial charge in [-0.25, -0.2) is 27.5 Å². The van der Waals surface area contributed by atoms with E-state index in [1.54, 1.807) is 0 Å². The Morgan fingerprint density at radius 1 is 1.33 bits per heavy atom. The third kappa shape index (κ3) is 4.89. The van der Waals surface area contributed by atoms with Gasteiger partial charge in [0.1, 0.15) is 0 Å². The van der Waals surface area contributed by atoms with E-state index < -0.39 is 15.8 Å². The number of nitrogens with one attached hydrogen (secondary N) is 1. The van der Waals surface area contributed by atoms with Crippen LogP contribution in [0, 0.1) is 11.7 Å². The van der Waals surface area contributed by atoms with Crippen LogP contribution < -0.4 is 9.62 Å². The Balaban J connectivity index is 1.79. The first-order valence-corrected chi connectivity index (χ1v) is 8.85. The molecule has 8 heteroatoms. The van der Waals surface area contributed by atoms with Gasteiger partial charge in [0, 0.05) is 19.6 Å². The summed E-state index contributed by atoms with van der Waals surface area (Å²) in [5.41, 5.74) is 0. The summed E-state index contributed by atoms with van der Waals surface area (Å²) in [5.74, 6) is 0.587. The van der Waals surface area contributed by atoms with Gasteiger partial charge in [0.2, 0.25) is 16.0 Å². The monoisotopic (exact) mass is 316 g/mol. The number of sulfonamides is 1. The molecule has 0 aliphatic carbocycles. The van der Waals surface area contributed by atoms with Gasteiger partial charge < -0.3 is 4.90 Å². The van der Waals surface area contributed by atoms with Gasteiger partial charge in [0.15, 0.2) is 5.82 Å². The van der Waals surface area contributed by atoms with Crippen molar-refractivity contribution in [2.45, 2.75) is 26.2 Å². The van der Waals surface area contributed by atoms with E-state index in [2.05, 4.69) is 14.7 Å². The number of piperidine rings is 1. The highest BCUT2D eigenvalue weighted by atomic mass is 32.2. The number of anilines is 1. The molecule has 0 saturated carbocycles. The zero-order chi connectivity index (χ0) is 15.3. The molecule has 0 spiro atoms. The largest absolute Gasteiger partial charge is 0.341 e. The van der Waals surface area contributed by atoms with E-state index in [0.29, 0.717) is 24.8 Å². The minimum absolute atomic E-state index is 0.176. The second-order valence-electron chi connectivity index (χ2n) is 5.30. The molecular weight excluding hydrogens is 295 g/mol. The molecule has 1 fully saturated rings. The van der Waals surface area contributed by atoms with Gasteiger partial charge in [-0.3, -0.25) is 0 Å². The van der Waals surface area contributed by atoms with E-state index in [4.69, 9.17) is 0 Å². The second-order valence-corrected chi connectivity index (χ2v) is 7.23. The lowest BCUT2D eigenvalue weighted by Crippen LogP contribution is -2.39. The summed E-state index contributed by atoms with van der Waals surface area (Å²) < 4.78 is 38.7. The zero-order valence-electron chi connectivity index (χ0n) is 12.1. The van der Waals surface area contributed by atoms with Gasteiger partial charge in [-0.05, 0) is 25.2 Å². The molecule has 118 valence electrons. The SMILES string of the molecule is CCCS(=O)(=O)NCC1CCN(c2ncc(F)cn2)CC1. The molecule has 0 unspecified atom stereocenters. The predicted molar refractivity (Wildman–Crippen MR) is 79.0 cm³/mol. The normalized spacial score (nSPS) is 17.1. The first kappa shape index (κ1) is 16.1. The summed E-state index contributed by atoms with van der Waals surface area (Å²) in [4.78, 5) is 9.93. The summed E-state index contributed by atoms with van der Waals surface area (Å²) in [6.07, 6.45) is 4.68. The van der Waals surface area contributed by atoms with Crippen molar-refractivity contribution in [2.24, 2.45) is 5.92 Å². The summed E-state index contributed by atoms with van der Waals surface area (Å²) in [7, 11) is -3.13. The van der Waals surface area contributed by atoms with E-state index >= 15 is 0 Å². The van der Waals surface area contributed by atoms with Crippen LogP contribution in [0.2, 0.25) is 0 Å². The van der Waals surface area contributed by atoms with Crippen molar-refractivity contribution >= 4 is 16.0 Å². The maximum Gasteiger partial charge on any atom is 0.225 e. The molecule has 1 saturated heterocycles. The van der Waals surface area contributed by atoms with Crippen molar-refractivity contribution in [3.8, 4) is 0 Å². The van der Waals surface area contributed by atoms with Crippen LogP contribution in [0.25, 0.3) is 0 Å². The Morgan fingerprint density at radius 2 is 1.95 bits per heavy atom. The maximum atomic E-state index is 12.8. The molecule has 0 bridgehead atoms. The van der Waals surface area contributed by atoms with Crippen LogP contribution in [0.15, 0.2) is 12.4 Å². The minimum Gasteiger partial charge on any atom is -0.341 e. The fourth-order valence-electron chi connectivity index (χ4n) is 2.39. The van der Waals surface area contributed by atoms with E-state index in [9.17, 15) is 12.8 Å². The van der Waals surface area contributed by atoms with Crippen molar-refractivity contribution in [3.63, 3.8) is 0 Å². The highest BCUT2D eigenvalue weighted by Gasteiger charge is 2.22. The minimum atomic E-state index is -3.13. The van der Waals surface area contributed by atoms with E-state index in [-0.39, 0.29) is 5.75 Å². The number of hydrogen-bond donors (Lipinski definition) is 1. The fraction of sp³-hybridized carbons (Fsp3) is 0.692. The van der Waals surface area contributed by atoms with Crippen LogP contribution in [0.3, 0.4) is 0 Å². The molecule has 1 aromatic heterocycles. The molecule has 2 heterocycles. The van der Waals surface area contributed by atoms with Gasteiger partial charge in [0.05, 0.1) is 18.1 Å². The third-order valence-electron chi connectivity index (χ3n) is 3.57. The average Bonchev–Trinajstić information content (AvgIpc) is 2.47. The second kappa shape index (κ2) is 7.13. The van der Waals surface area contributed by atoms with E-state index in [0.717, 1.165) is 38.3 Å². The van der Waals surface area contributed by atoms with Crippen LogP contribution in [0.1, 0.15) is 26.2 Å². The molecule has 0 aromatic carbocycles. The summed E-state index contributed by atoms with van der Waals surface area (Å²) >= 11 is 0. The molecule has 0 atom stereocenters. The number of nitrogens with zero attached hydrogens (tertiary/aromatic N) is 3.